The van der Waals surface area contributed by atoms with Crippen molar-refractivity contribution in [3.05, 3.63) is 0 Å². The van der Waals surface area contributed by atoms with E-state index < -0.39 is 13.9 Å². The Labute approximate surface area is 163 Å². The molecule has 0 bridgehead atoms. The Hall–Kier alpha value is 1.94. The fourth-order valence-corrected chi connectivity index (χ4v) is 5.36. The van der Waals surface area contributed by atoms with Crippen LogP contribution in [0, 0.1) is 5.92 Å². The Kier molecular flexibility index (Phi) is 11.5. The highest BCUT2D eigenvalue weighted by Crippen LogP contribution is 2.53. The Morgan fingerprint density at radius 3 is 2.27 bits per heavy atom. The van der Waals surface area contributed by atoms with Gasteiger partial charge in [-0.2, -0.15) is 0 Å². The maximum absolute atomic E-state index is 12.6. The minimum absolute atomic E-state index is 0.0761. The van der Waals surface area contributed by atoms with Crippen molar-refractivity contribution < 1.29 is 18.1 Å². The van der Waals surface area contributed by atoms with Crippen LogP contribution in [0.25, 0.3) is 0 Å². The standard InChI is InChI=1S/C12H20Br2Cl3O4P/c13-8-10(14)9-1-2-11(17)12(7-9)21-22(18,19-5-3-15)20-6-4-16/h9-12H,1-8H2. The van der Waals surface area contributed by atoms with E-state index in [-0.39, 0.29) is 30.4 Å². The molecule has 10 heteroatoms. The number of phosphoric acid groups is 1. The molecule has 22 heavy (non-hydrogen) atoms. The number of halogens is 5. The first-order chi connectivity index (χ1) is 10.5. The van der Waals surface area contributed by atoms with Gasteiger partial charge in [0.25, 0.3) is 0 Å². The summed E-state index contributed by atoms with van der Waals surface area (Å²) in [5.41, 5.74) is 0. The van der Waals surface area contributed by atoms with Gasteiger partial charge in [-0.15, -0.1) is 34.8 Å². The maximum atomic E-state index is 12.6. The zero-order valence-electron chi connectivity index (χ0n) is 11.9. The maximum Gasteiger partial charge on any atom is 0.475 e. The van der Waals surface area contributed by atoms with Crippen molar-refractivity contribution in [2.75, 3.05) is 30.3 Å². The molecule has 0 aliphatic heterocycles. The molecule has 1 fully saturated rings. The molecule has 1 aliphatic rings. The SMILES string of the molecule is O=P(OCCCl)(OCCCl)OC1CC(C(Br)CBr)CCC1Cl. The average Bonchev–Trinajstić information content (AvgIpc) is 2.52. The quantitative estimate of drug-likeness (QED) is 0.277. The molecule has 0 aromatic heterocycles. The fraction of sp³-hybridized carbons (Fsp3) is 1.00. The van der Waals surface area contributed by atoms with Crippen LogP contribution in [0.5, 0.6) is 0 Å². The molecular weight excluding hydrogens is 505 g/mol. The molecule has 0 radical (unpaired) electrons. The van der Waals surface area contributed by atoms with Crippen molar-refractivity contribution in [1.29, 1.82) is 0 Å². The molecule has 0 saturated heterocycles. The third kappa shape index (κ3) is 7.45. The van der Waals surface area contributed by atoms with Gasteiger partial charge >= 0.3 is 7.82 Å². The van der Waals surface area contributed by atoms with Gasteiger partial charge in [0.15, 0.2) is 0 Å². The highest BCUT2D eigenvalue weighted by Gasteiger charge is 2.39. The summed E-state index contributed by atoms with van der Waals surface area (Å²) in [6.45, 7) is 0.152. The van der Waals surface area contributed by atoms with E-state index in [0.717, 1.165) is 18.2 Å². The normalized spacial score (nSPS) is 27.8. The van der Waals surface area contributed by atoms with E-state index in [1.165, 1.54) is 0 Å². The summed E-state index contributed by atoms with van der Waals surface area (Å²) < 4.78 is 28.7. The Morgan fingerprint density at radius 2 is 1.77 bits per heavy atom. The molecule has 4 atom stereocenters. The van der Waals surface area contributed by atoms with Crippen molar-refractivity contribution in [1.82, 2.24) is 0 Å². The fourth-order valence-electron chi connectivity index (χ4n) is 2.24. The van der Waals surface area contributed by atoms with E-state index >= 15 is 0 Å². The Balaban J connectivity index is 2.69. The smallest absolute Gasteiger partial charge is 0.286 e. The van der Waals surface area contributed by atoms with Crippen molar-refractivity contribution in [3.63, 3.8) is 0 Å². The predicted octanol–water partition coefficient (Wildman–Crippen LogP) is 5.56. The van der Waals surface area contributed by atoms with Gasteiger partial charge in [0, 0.05) is 21.9 Å². The first-order valence-corrected chi connectivity index (χ1v) is 12.0. The molecule has 0 amide bonds. The molecule has 132 valence electrons. The van der Waals surface area contributed by atoms with E-state index in [4.69, 9.17) is 48.4 Å². The van der Waals surface area contributed by atoms with Gasteiger partial charge < -0.3 is 0 Å². The van der Waals surface area contributed by atoms with Crippen molar-refractivity contribution in [2.45, 2.75) is 35.6 Å². The molecule has 1 aliphatic carbocycles. The van der Waals surface area contributed by atoms with Crippen LogP contribution in [0.2, 0.25) is 0 Å². The van der Waals surface area contributed by atoms with E-state index in [0.29, 0.717) is 17.2 Å². The Bertz CT molecular complexity index is 355. The summed E-state index contributed by atoms with van der Waals surface area (Å²) >= 11 is 24.6. The highest BCUT2D eigenvalue weighted by atomic mass is 79.9. The van der Waals surface area contributed by atoms with E-state index in [9.17, 15) is 4.57 Å². The van der Waals surface area contributed by atoms with Gasteiger partial charge in [0.2, 0.25) is 0 Å². The highest BCUT2D eigenvalue weighted by molar-refractivity contribution is 9.12. The van der Waals surface area contributed by atoms with Crippen LogP contribution in [-0.4, -0.2) is 46.6 Å². The molecular formula is C12H20Br2Cl3O4P. The second-order valence-electron chi connectivity index (χ2n) is 4.89. The molecule has 1 rings (SSSR count). The van der Waals surface area contributed by atoms with Gasteiger partial charge in [0.1, 0.15) is 0 Å². The molecule has 0 aromatic rings. The Morgan fingerprint density at radius 1 is 1.18 bits per heavy atom. The molecule has 4 nitrogen and oxygen atoms in total. The van der Waals surface area contributed by atoms with Crippen molar-refractivity contribution >= 4 is 74.5 Å². The van der Waals surface area contributed by atoms with E-state index in [1.807, 2.05) is 0 Å². The number of hydrogen-bond acceptors (Lipinski definition) is 4. The zero-order valence-corrected chi connectivity index (χ0v) is 18.3. The van der Waals surface area contributed by atoms with Gasteiger partial charge in [-0.3, -0.25) is 13.6 Å². The monoisotopic (exact) mass is 522 g/mol. The second kappa shape index (κ2) is 11.5. The van der Waals surface area contributed by atoms with Crippen LogP contribution in [-0.2, 0) is 18.1 Å². The predicted molar refractivity (Wildman–Crippen MR) is 99.3 cm³/mol. The largest absolute Gasteiger partial charge is 0.475 e. The number of phosphoric ester groups is 1. The van der Waals surface area contributed by atoms with Gasteiger partial charge in [-0.25, -0.2) is 4.57 Å². The summed E-state index contributed by atoms with van der Waals surface area (Å²) in [6, 6.07) is 0. The van der Waals surface area contributed by atoms with Crippen molar-refractivity contribution in [2.24, 2.45) is 5.92 Å². The first-order valence-electron chi connectivity index (χ1n) is 6.99. The molecule has 0 aromatic carbocycles. The van der Waals surface area contributed by atoms with Gasteiger partial charge in [-0.05, 0) is 25.2 Å². The number of hydrogen-bond donors (Lipinski definition) is 0. The van der Waals surface area contributed by atoms with Crippen LogP contribution >= 0.6 is 74.5 Å². The second-order valence-corrected chi connectivity index (χ2v) is 9.66. The molecule has 0 heterocycles. The lowest BCUT2D eigenvalue weighted by atomic mass is 9.85. The van der Waals surface area contributed by atoms with Gasteiger partial charge in [-0.1, -0.05) is 31.9 Å². The first kappa shape index (κ1) is 22.0. The molecule has 1 saturated carbocycles. The lowest BCUT2D eigenvalue weighted by Gasteiger charge is -2.35. The zero-order chi connectivity index (χ0) is 16.6. The van der Waals surface area contributed by atoms with Gasteiger partial charge in [0.05, 0.1) is 24.7 Å². The average molecular weight is 525 g/mol. The number of alkyl halides is 5. The van der Waals surface area contributed by atoms with Crippen LogP contribution in [0.1, 0.15) is 19.3 Å². The van der Waals surface area contributed by atoms with E-state index in [2.05, 4.69) is 31.9 Å². The molecule has 4 unspecified atom stereocenters. The van der Waals surface area contributed by atoms with E-state index in [1.54, 1.807) is 0 Å². The van der Waals surface area contributed by atoms with Crippen LogP contribution in [0.4, 0.5) is 0 Å². The summed E-state index contributed by atoms with van der Waals surface area (Å²) in [7, 11) is -3.70. The summed E-state index contributed by atoms with van der Waals surface area (Å²) in [4.78, 5) is 0.315. The lowest BCUT2D eigenvalue weighted by molar-refractivity contribution is 0.0569. The topological polar surface area (TPSA) is 44.8 Å². The number of rotatable bonds is 10. The summed E-state index contributed by atoms with van der Waals surface area (Å²) in [5, 5.41) is 0.610. The summed E-state index contributed by atoms with van der Waals surface area (Å²) in [6.07, 6.45) is 2.08. The summed E-state index contributed by atoms with van der Waals surface area (Å²) in [5.74, 6) is 0.777. The van der Waals surface area contributed by atoms with Crippen molar-refractivity contribution in [3.8, 4) is 0 Å². The minimum Gasteiger partial charge on any atom is -0.286 e. The third-order valence-corrected chi connectivity index (χ3v) is 8.30. The van der Waals surface area contributed by atoms with Crippen LogP contribution in [0.15, 0.2) is 0 Å². The lowest BCUT2D eigenvalue weighted by Crippen LogP contribution is -2.35. The molecule has 0 spiro atoms. The third-order valence-electron chi connectivity index (χ3n) is 3.33. The molecule has 0 N–H and O–H groups in total. The minimum atomic E-state index is -3.70. The van der Waals surface area contributed by atoms with Crippen LogP contribution in [0.3, 0.4) is 0 Å². The van der Waals surface area contributed by atoms with Crippen LogP contribution < -0.4 is 0 Å².